The number of benzene rings is 2. The van der Waals surface area contributed by atoms with Gasteiger partial charge in [-0.2, -0.15) is 0 Å². The fourth-order valence-corrected chi connectivity index (χ4v) is 3.41. The summed E-state index contributed by atoms with van der Waals surface area (Å²) in [4.78, 5) is 36.5. The molecule has 1 heterocycles. The summed E-state index contributed by atoms with van der Waals surface area (Å²) in [5.74, 6) is 0.805. The van der Waals surface area contributed by atoms with Gasteiger partial charge in [-0.25, -0.2) is 0 Å². The molecule has 0 saturated carbocycles. The summed E-state index contributed by atoms with van der Waals surface area (Å²) < 4.78 is 21.3. The van der Waals surface area contributed by atoms with Crippen LogP contribution in [0.3, 0.4) is 0 Å². The Kier molecular flexibility index (Phi) is 9.31. The molecule has 1 aliphatic rings. The minimum Gasteiger partial charge on any atom is -0.494 e. The molecule has 0 aromatic heterocycles. The van der Waals surface area contributed by atoms with Gasteiger partial charge in [0.05, 0.1) is 19.1 Å². The van der Waals surface area contributed by atoms with Crippen LogP contribution in [-0.4, -0.2) is 37.7 Å². The second-order valence-corrected chi connectivity index (χ2v) is 8.07. The molecule has 1 unspecified atom stereocenters. The van der Waals surface area contributed by atoms with E-state index in [2.05, 4.69) is 12.2 Å². The third kappa shape index (κ3) is 7.50. The van der Waals surface area contributed by atoms with Crippen molar-refractivity contribution < 1.29 is 33.3 Å². The second kappa shape index (κ2) is 12.6. The summed E-state index contributed by atoms with van der Waals surface area (Å²) in [7, 11) is 0. The fraction of sp³-hybridized carbons (Fsp3) is 0.423. The molecule has 2 aromatic carbocycles. The summed E-state index contributed by atoms with van der Waals surface area (Å²) in [6, 6.07) is 12.0. The number of ether oxygens (including phenoxy) is 4. The lowest BCUT2D eigenvalue weighted by Gasteiger charge is -2.15. The third-order valence-electron chi connectivity index (χ3n) is 5.39. The molecule has 0 fully saturated rings. The number of esters is 1. The van der Waals surface area contributed by atoms with Crippen LogP contribution in [0.1, 0.15) is 67.9 Å². The predicted molar refractivity (Wildman–Crippen MR) is 125 cm³/mol. The monoisotopic (exact) mass is 469 g/mol. The first-order valence-corrected chi connectivity index (χ1v) is 11.6. The lowest BCUT2D eigenvalue weighted by Crippen LogP contribution is -2.31. The van der Waals surface area contributed by atoms with E-state index in [-0.39, 0.29) is 31.5 Å². The van der Waals surface area contributed by atoms with E-state index in [0.29, 0.717) is 29.4 Å². The lowest BCUT2D eigenvalue weighted by atomic mass is 10.1. The Balaban J connectivity index is 1.35. The minimum absolute atomic E-state index is 0.00472. The van der Waals surface area contributed by atoms with Crippen molar-refractivity contribution in [3.63, 3.8) is 0 Å². The maximum atomic E-state index is 12.3. The Bertz CT molecular complexity index is 987. The summed E-state index contributed by atoms with van der Waals surface area (Å²) in [6.45, 7) is 4.37. The smallest absolute Gasteiger partial charge is 0.306 e. The molecular formula is C26H31NO7. The molecule has 2 aromatic rings. The number of hydrogen-bond acceptors (Lipinski definition) is 7. The van der Waals surface area contributed by atoms with Crippen molar-refractivity contribution >= 4 is 17.7 Å². The molecule has 1 amide bonds. The van der Waals surface area contributed by atoms with Gasteiger partial charge in [0, 0.05) is 12.0 Å². The zero-order valence-electron chi connectivity index (χ0n) is 19.6. The van der Waals surface area contributed by atoms with Crippen molar-refractivity contribution in [1.82, 2.24) is 5.32 Å². The number of nitrogens with one attached hydrogen (secondary N) is 1. The highest BCUT2D eigenvalue weighted by molar-refractivity contribution is 5.97. The first kappa shape index (κ1) is 25.1. The molecule has 8 heteroatoms. The maximum Gasteiger partial charge on any atom is 0.306 e. The number of amides is 1. The van der Waals surface area contributed by atoms with Gasteiger partial charge in [0.2, 0.25) is 6.79 Å². The van der Waals surface area contributed by atoms with Gasteiger partial charge in [-0.05, 0) is 55.3 Å². The van der Waals surface area contributed by atoms with Crippen LogP contribution in [-0.2, 0) is 14.3 Å². The van der Waals surface area contributed by atoms with Gasteiger partial charge in [0.25, 0.3) is 5.91 Å². The van der Waals surface area contributed by atoms with Gasteiger partial charge in [-0.3, -0.25) is 14.4 Å². The van der Waals surface area contributed by atoms with Crippen LogP contribution in [0.5, 0.6) is 17.2 Å². The Morgan fingerprint density at radius 3 is 2.53 bits per heavy atom. The van der Waals surface area contributed by atoms with Crippen molar-refractivity contribution in [2.45, 2.75) is 52.0 Å². The molecule has 0 bridgehead atoms. The molecule has 1 N–H and O–H groups in total. The average molecular weight is 470 g/mol. The van der Waals surface area contributed by atoms with E-state index in [1.165, 1.54) is 0 Å². The topological polar surface area (TPSA) is 100 Å². The lowest BCUT2D eigenvalue weighted by molar-refractivity contribution is -0.148. The molecule has 0 spiro atoms. The van der Waals surface area contributed by atoms with Gasteiger partial charge in [0.1, 0.15) is 5.75 Å². The number of carbonyl (C=O) groups is 3. The average Bonchev–Trinajstić information content (AvgIpc) is 3.32. The van der Waals surface area contributed by atoms with Crippen molar-refractivity contribution in [3.8, 4) is 17.2 Å². The van der Waals surface area contributed by atoms with Crippen molar-refractivity contribution in [2.75, 3.05) is 20.0 Å². The van der Waals surface area contributed by atoms with Gasteiger partial charge in [-0.1, -0.05) is 25.8 Å². The number of Topliss-reactive ketones (excluding diaryl/α,β-unsaturated/α-hetero) is 1. The molecule has 1 aliphatic heterocycles. The first-order chi connectivity index (χ1) is 16.5. The Hall–Kier alpha value is -3.55. The third-order valence-corrected chi connectivity index (χ3v) is 5.39. The van der Waals surface area contributed by atoms with E-state index in [9.17, 15) is 14.4 Å². The standard InChI is InChI=1S/C26H31NO7/c1-3-4-5-14-31-21-9-6-19(7-10-21)22(28)11-13-26(30)32-16-25(29)27-18(2)20-8-12-23-24(15-20)34-17-33-23/h6-10,12,15,18H,3-5,11,13-14,16-17H2,1-2H3,(H,27,29). The zero-order chi connectivity index (χ0) is 24.3. The number of fused-ring (bicyclic) bond motifs is 1. The van der Waals surface area contributed by atoms with Crippen LogP contribution in [0.15, 0.2) is 42.5 Å². The maximum absolute atomic E-state index is 12.3. The Morgan fingerprint density at radius 1 is 1.00 bits per heavy atom. The summed E-state index contributed by atoms with van der Waals surface area (Å²) in [6.07, 6.45) is 3.15. The molecular weight excluding hydrogens is 438 g/mol. The molecule has 3 rings (SSSR count). The van der Waals surface area contributed by atoms with E-state index >= 15 is 0 Å². The van der Waals surface area contributed by atoms with Crippen molar-refractivity contribution in [1.29, 1.82) is 0 Å². The highest BCUT2D eigenvalue weighted by Crippen LogP contribution is 2.34. The zero-order valence-corrected chi connectivity index (χ0v) is 19.6. The number of unbranched alkanes of at least 4 members (excludes halogenated alkanes) is 2. The molecule has 0 saturated heterocycles. The van der Waals surface area contributed by atoms with E-state index < -0.39 is 18.5 Å². The molecule has 0 aliphatic carbocycles. The fourth-order valence-electron chi connectivity index (χ4n) is 3.41. The second-order valence-electron chi connectivity index (χ2n) is 8.07. The van der Waals surface area contributed by atoms with Gasteiger partial charge in [-0.15, -0.1) is 0 Å². The van der Waals surface area contributed by atoms with Gasteiger partial charge < -0.3 is 24.3 Å². The van der Waals surface area contributed by atoms with Gasteiger partial charge in [0.15, 0.2) is 23.9 Å². The molecule has 182 valence electrons. The van der Waals surface area contributed by atoms with Crippen LogP contribution in [0.2, 0.25) is 0 Å². The van der Waals surface area contributed by atoms with Crippen molar-refractivity contribution in [2.24, 2.45) is 0 Å². The van der Waals surface area contributed by atoms with E-state index in [0.717, 1.165) is 24.8 Å². The SMILES string of the molecule is CCCCCOc1ccc(C(=O)CCC(=O)OCC(=O)NC(C)c2ccc3c(c2)OCO3)cc1. The quantitative estimate of drug-likeness (QED) is 0.264. The highest BCUT2D eigenvalue weighted by atomic mass is 16.7. The molecule has 0 radical (unpaired) electrons. The van der Waals surface area contributed by atoms with Crippen LogP contribution in [0.4, 0.5) is 0 Å². The highest BCUT2D eigenvalue weighted by Gasteiger charge is 2.18. The van der Waals surface area contributed by atoms with Crippen LogP contribution in [0, 0.1) is 0 Å². The van der Waals surface area contributed by atoms with Crippen LogP contribution < -0.4 is 19.5 Å². The summed E-state index contributed by atoms with van der Waals surface area (Å²) >= 11 is 0. The van der Waals surface area contributed by atoms with E-state index in [4.69, 9.17) is 18.9 Å². The number of ketones is 1. The number of carbonyl (C=O) groups excluding carboxylic acids is 3. The minimum atomic E-state index is -0.602. The molecule has 34 heavy (non-hydrogen) atoms. The molecule has 1 atom stereocenters. The first-order valence-electron chi connectivity index (χ1n) is 11.6. The van der Waals surface area contributed by atoms with E-state index in [1.807, 2.05) is 13.0 Å². The number of hydrogen-bond donors (Lipinski definition) is 1. The Morgan fingerprint density at radius 2 is 1.76 bits per heavy atom. The Labute approximate surface area is 199 Å². The normalized spacial score (nSPS) is 12.6. The van der Waals surface area contributed by atoms with Crippen LogP contribution in [0.25, 0.3) is 0 Å². The molecule has 8 nitrogen and oxygen atoms in total. The van der Waals surface area contributed by atoms with E-state index in [1.54, 1.807) is 36.4 Å². The van der Waals surface area contributed by atoms with Crippen LogP contribution >= 0.6 is 0 Å². The van der Waals surface area contributed by atoms with Gasteiger partial charge >= 0.3 is 5.97 Å². The summed E-state index contributed by atoms with van der Waals surface area (Å²) in [5.41, 5.74) is 1.34. The van der Waals surface area contributed by atoms with Crippen molar-refractivity contribution in [3.05, 3.63) is 53.6 Å². The largest absolute Gasteiger partial charge is 0.494 e. The predicted octanol–water partition coefficient (Wildman–Crippen LogP) is 4.37. The summed E-state index contributed by atoms with van der Waals surface area (Å²) in [5, 5.41) is 2.77. The number of rotatable bonds is 13.